The zero-order chi connectivity index (χ0) is 29.1. The highest BCUT2D eigenvalue weighted by Crippen LogP contribution is 2.29. The van der Waals surface area contributed by atoms with Crippen molar-refractivity contribution in [3.05, 3.63) is 101 Å². The zero-order valence-electron chi connectivity index (χ0n) is 23.9. The second kappa shape index (κ2) is 12.2. The van der Waals surface area contributed by atoms with Crippen LogP contribution in [0, 0.1) is 5.92 Å². The van der Waals surface area contributed by atoms with Crippen LogP contribution >= 0.6 is 0 Å². The number of rotatable bonds is 7. The Kier molecular flexibility index (Phi) is 8.06. The van der Waals surface area contributed by atoms with Gasteiger partial charge in [0.1, 0.15) is 6.04 Å². The van der Waals surface area contributed by atoms with E-state index in [0.717, 1.165) is 41.7 Å². The lowest BCUT2D eigenvalue weighted by Crippen LogP contribution is -2.50. The summed E-state index contributed by atoms with van der Waals surface area (Å²) in [6, 6.07) is 22.5. The molecule has 8 heteroatoms. The second-order valence-electron chi connectivity index (χ2n) is 11.4. The third-order valence-corrected chi connectivity index (χ3v) is 8.73. The minimum Gasteiger partial charge on any atom is -0.361 e. The minimum atomic E-state index is -0.783. The van der Waals surface area contributed by atoms with Crippen LogP contribution in [0.2, 0.25) is 0 Å². The fourth-order valence-electron chi connectivity index (χ4n) is 6.23. The van der Waals surface area contributed by atoms with Gasteiger partial charge >= 0.3 is 0 Å². The summed E-state index contributed by atoms with van der Waals surface area (Å²) in [6.07, 6.45) is 4.01. The van der Waals surface area contributed by atoms with E-state index in [-0.39, 0.29) is 29.6 Å². The molecule has 0 bridgehead atoms. The minimum absolute atomic E-state index is 0.0140. The first-order valence-corrected chi connectivity index (χ1v) is 14.8. The van der Waals surface area contributed by atoms with Crippen molar-refractivity contribution in [1.29, 1.82) is 0 Å². The molecule has 0 saturated carbocycles. The van der Waals surface area contributed by atoms with Crippen LogP contribution < -0.4 is 16.0 Å². The Morgan fingerprint density at radius 1 is 0.929 bits per heavy atom. The first kappa shape index (κ1) is 27.7. The molecule has 0 radical (unpaired) electrons. The number of carbonyl (C=O) groups excluding carboxylic acids is 3. The quantitative estimate of drug-likeness (QED) is 0.264. The highest BCUT2D eigenvalue weighted by Gasteiger charge is 2.34. The number of nitrogens with zero attached hydrogens (tertiary/aromatic N) is 1. The van der Waals surface area contributed by atoms with E-state index in [1.165, 1.54) is 11.1 Å². The number of carbonyl (C=O) groups is 3. The van der Waals surface area contributed by atoms with E-state index in [1.807, 2.05) is 84.8 Å². The number of hydrogen-bond donors (Lipinski definition) is 4. The molecule has 4 aromatic rings. The van der Waals surface area contributed by atoms with E-state index in [4.69, 9.17) is 0 Å². The molecule has 8 nitrogen and oxygen atoms in total. The summed E-state index contributed by atoms with van der Waals surface area (Å²) in [7, 11) is 0. The van der Waals surface area contributed by atoms with Crippen molar-refractivity contribution in [2.24, 2.45) is 5.92 Å². The summed E-state index contributed by atoms with van der Waals surface area (Å²) in [5, 5.41) is 10.6. The van der Waals surface area contributed by atoms with Crippen molar-refractivity contribution in [2.75, 3.05) is 25.0 Å². The molecule has 0 spiro atoms. The molecule has 6 rings (SSSR count). The van der Waals surface area contributed by atoms with E-state index in [9.17, 15) is 14.4 Å². The Morgan fingerprint density at radius 3 is 2.50 bits per heavy atom. The van der Waals surface area contributed by atoms with Crippen LogP contribution in [0.1, 0.15) is 52.7 Å². The lowest BCUT2D eigenvalue weighted by atomic mass is 9.90. The third-order valence-electron chi connectivity index (χ3n) is 8.73. The standard InChI is InChI=1S/C34H37N5O3/c1-22(29-21-36-30-10-6-5-9-28(29)30)31(33(41)37-27-12-11-23-13-16-35-20-26(23)19-27)38-32(40)24-14-17-39(18-15-24)34(42)25-7-3-2-4-8-25/h2-12,19,21-22,24,31,35-36H,13-18,20H2,1H3,(H,37,41)(H,38,40)/t22-,31+/m0/s1. The number of benzene rings is 3. The molecule has 4 N–H and O–H groups in total. The predicted octanol–water partition coefficient (Wildman–Crippen LogP) is 4.59. The maximum Gasteiger partial charge on any atom is 0.253 e. The molecule has 0 unspecified atom stereocenters. The number of aromatic nitrogens is 1. The Morgan fingerprint density at radius 2 is 1.69 bits per heavy atom. The first-order chi connectivity index (χ1) is 20.5. The summed E-state index contributed by atoms with van der Waals surface area (Å²) in [6.45, 7) is 4.72. The molecule has 3 amide bonds. The van der Waals surface area contributed by atoms with Crippen LogP contribution in [0.3, 0.4) is 0 Å². The van der Waals surface area contributed by atoms with E-state index >= 15 is 0 Å². The number of nitrogens with one attached hydrogen (secondary N) is 4. The van der Waals surface area contributed by atoms with Gasteiger partial charge in [0.25, 0.3) is 5.91 Å². The van der Waals surface area contributed by atoms with Crippen molar-refractivity contribution in [3.8, 4) is 0 Å². The first-order valence-electron chi connectivity index (χ1n) is 14.8. The second-order valence-corrected chi connectivity index (χ2v) is 11.4. The summed E-state index contributed by atoms with van der Waals surface area (Å²) in [5.41, 5.74) is 5.82. The molecule has 0 aliphatic carbocycles. The third kappa shape index (κ3) is 5.81. The van der Waals surface area contributed by atoms with Crippen LogP contribution in [0.4, 0.5) is 5.69 Å². The Balaban J connectivity index is 1.18. The molecule has 42 heavy (non-hydrogen) atoms. The van der Waals surface area contributed by atoms with E-state index in [1.54, 1.807) is 0 Å². The fraction of sp³-hybridized carbons (Fsp3) is 0.324. The van der Waals surface area contributed by atoms with Gasteiger partial charge < -0.3 is 25.8 Å². The summed E-state index contributed by atoms with van der Waals surface area (Å²) >= 11 is 0. The number of H-pyrrole nitrogens is 1. The van der Waals surface area contributed by atoms with Crippen molar-refractivity contribution in [2.45, 2.75) is 44.7 Å². The highest BCUT2D eigenvalue weighted by molar-refractivity contribution is 5.99. The van der Waals surface area contributed by atoms with Crippen molar-refractivity contribution >= 4 is 34.3 Å². The highest BCUT2D eigenvalue weighted by atomic mass is 16.2. The van der Waals surface area contributed by atoms with Crippen LogP contribution in [0.5, 0.6) is 0 Å². The number of likely N-dealkylation sites (tertiary alicyclic amines) is 1. The van der Waals surface area contributed by atoms with Gasteiger partial charge in [-0.1, -0.05) is 49.4 Å². The van der Waals surface area contributed by atoms with Crippen LogP contribution in [-0.2, 0) is 22.6 Å². The van der Waals surface area contributed by atoms with E-state index in [2.05, 4.69) is 27.0 Å². The average Bonchev–Trinajstić information content (AvgIpc) is 3.47. The number of hydrogen-bond acceptors (Lipinski definition) is 4. The van der Waals surface area contributed by atoms with Gasteiger partial charge in [0, 0.05) is 59.8 Å². The lowest BCUT2D eigenvalue weighted by Gasteiger charge is -2.33. The molecule has 1 saturated heterocycles. The topological polar surface area (TPSA) is 106 Å². The number of piperidine rings is 1. The molecule has 2 aliphatic heterocycles. The Hall–Kier alpha value is -4.43. The molecule has 2 atom stereocenters. The maximum atomic E-state index is 13.9. The molecule has 3 aromatic carbocycles. The zero-order valence-corrected chi connectivity index (χ0v) is 23.9. The van der Waals surface area contributed by atoms with E-state index in [0.29, 0.717) is 31.5 Å². The van der Waals surface area contributed by atoms with Crippen LogP contribution in [0.15, 0.2) is 79.0 Å². The summed E-state index contributed by atoms with van der Waals surface area (Å²) in [5.74, 6) is -0.973. The van der Waals surface area contributed by atoms with Gasteiger partial charge in [0.15, 0.2) is 0 Å². The predicted molar refractivity (Wildman–Crippen MR) is 164 cm³/mol. The van der Waals surface area contributed by atoms with Gasteiger partial charge in [-0.15, -0.1) is 0 Å². The number of amides is 3. The number of fused-ring (bicyclic) bond motifs is 2. The molecular weight excluding hydrogens is 526 g/mol. The molecule has 2 aliphatic rings. The SMILES string of the molecule is C[C@@H](c1c[nH]c2ccccc12)[C@@H](NC(=O)C1CCN(C(=O)c2ccccc2)CC1)C(=O)Nc1ccc2c(c1)CNCC2. The summed E-state index contributed by atoms with van der Waals surface area (Å²) < 4.78 is 0. The van der Waals surface area contributed by atoms with Gasteiger partial charge in [-0.3, -0.25) is 14.4 Å². The number of anilines is 1. The summed E-state index contributed by atoms with van der Waals surface area (Å²) in [4.78, 5) is 45.5. The van der Waals surface area contributed by atoms with Crippen molar-refractivity contribution < 1.29 is 14.4 Å². The molecule has 216 valence electrons. The van der Waals surface area contributed by atoms with Gasteiger partial charge in [0.05, 0.1) is 0 Å². The number of aromatic amines is 1. The maximum absolute atomic E-state index is 13.9. The lowest BCUT2D eigenvalue weighted by molar-refractivity contribution is -0.130. The van der Waals surface area contributed by atoms with Crippen molar-refractivity contribution in [1.82, 2.24) is 20.5 Å². The molecule has 1 aromatic heterocycles. The fourth-order valence-corrected chi connectivity index (χ4v) is 6.23. The largest absolute Gasteiger partial charge is 0.361 e. The van der Waals surface area contributed by atoms with Crippen molar-refractivity contribution in [3.63, 3.8) is 0 Å². The van der Waals surface area contributed by atoms with Gasteiger partial charge in [-0.2, -0.15) is 0 Å². The van der Waals surface area contributed by atoms with Crippen LogP contribution in [-0.4, -0.2) is 53.3 Å². The number of para-hydroxylation sites is 1. The Bertz CT molecular complexity index is 1590. The molecule has 3 heterocycles. The smallest absolute Gasteiger partial charge is 0.253 e. The van der Waals surface area contributed by atoms with E-state index < -0.39 is 6.04 Å². The van der Waals surface area contributed by atoms with Gasteiger partial charge in [0.2, 0.25) is 11.8 Å². The monoisotopic (exact) mass is 563 g/mol. The average molecular weight is 564 g/mol. The molecule has 1 fully saturated rings. The van der Waals surface area contributed by atoms with Gasteiger partial charge in [-0.05, 0) is 72.8 Å². The molecular formula is C34H37N5O3. The normalized spacial score (nSPS) is 16.8. The Labute approximate surface area is 245 Å². The van der Waals surface area contributed by atoms with Crippen LogP contribution in [0.25, 0.3) is 10.9 Å². The van der Waals surface area contributed by atoms with Gasteiger partial charge in [-0.25, -0.2) is 0 Å².